The van der Waals surface area contributed by atoms with Gasteiger partial charge in [0.2, 0.25) is 5.95 Å². The van der Waals surface area contributed by atoms with Crippen LogP contribution in [0.4, 0.5) is 5.95 Å². The summed E-state index contributed by atoms with van der Waals surface area (Å²) in [5, 5.41) is 7.03. The van der Waals surface area contributed by atoms with Gasteiger partial charge in [-0.15, -0.1) is 0 Å². The SMILES string of the molecule is Cc1nn(C)c(C)c1C(=O)Nc1nc(Cl)c2[nH]cnc2n1. The van der Waals surface area contributed by atoms with Crippen LogP contribution in [0.15, 0.2) is 6.33 Å². The molecule has 3 heterocycles. The lowest BCUT2D eigenvalue weighted by atomic mass is 10.2. The number of carbonyl (C=O) groups is 1. The molecule has 1 amide bonds. The molecular formula is C12H12ClN7O. The fourth-order valence-electron chi connectivity index (χ4n) is 2.12. The highest BCUT2D eigenvalue weighted by Crippen LogP contribution is 2.19. The highest BCUT2D eigenvalue weighted by Gasteiger charge is 2.19. The van der Waals surface area contributed by atoms with Crippen molar-refractivity contribution in [2.75, 3.05) is 5.32 Å². The van der Waals surface area contributed by atoms with Crippen LogP contribution in [0.3, 0.4) is 0 Å². The quantitative estimate of drug-likeness (QED) is 0.700. The summed E-state index contributed by atoms with van der Waals surface area (Å²) in [5.74, 6) is -0.226. The Morgan fingerprint density at radius 1 is 1.38 bits per heavy atom. The summed E-state index contributed by atoms with van der Waals surface area (Å²) in [6, 6.07) is 0. The molecule has 0 fully saturated rings. The van der Waals surface area contributed by atoms with Crippen molar-refractivity contribution >= 4 is 34.6 Å². The van der Waals surface area contributed by atoms with Crippen molar-refractivity contribution in [2.24, 2.45) is 7.05 Å². The number of nitrogens with one attached hydrogen (secondary N) is 2. The number of fused-ring (bicyclic) bond motifs is 1. The minimum Gasteiger partial charge on any atom is -0.341 e. The van der Waals surface area contributed by atoms with Crippen LogP contribution >= 0.6 is 11.6 Å². The third-order valence-corrected chi connectivity index (χ3v) is 3.48. The molecule has 0 aliphatic carbocycles. The van der Waals surface area contributed by atoms with Crippen LogP contribution in [-0.4, -0.2) is 35.6 Å². The zero-order valence-electron chi connectivity index (χ0n) is 11.6. The largest absolute Gasteiger partial charge is 0.341 e. The number of aromatic amines is 1. The molecule has 3 rings (SSSR count). The first-order valence-corrected chi connectivity index (χ1v) is 6.53. The Balaban J connectivity index is 1.96. The molecule has 8 nitrogen and oxygen atoms in total. The van der Waals surface area contributed by atoms with Crippen molar-refractivity contribution in [3.8, 4) is 0 Å². The smallest absolute Gasteiger partial charge is 0.261 e. The highest BCUT2D eigenvalue weighted by atomic mass is 35.5. The van der Waals surface area contributed by atoms with Gasteiger partial charge in [0.25, 0.3) is 5.91 Å². The molecule has 108 valence electrons. The highest BCUT2D eigenvalue weighted by molar-refractivity contribution is 6.33. The van der Waals surface area contributed by atoms with Crippen molar-refractivity contribution in [2.45, 2.75) is 13.8 Å². The molecule has 0 saturated carbocycles. The predicted molar refractivity (Wildman–Crippen MR) is 77.3 cm³/mol. The third kappa shape index (κ3) is 2.23. The van der Waals surface area contributed by atoms with Crippen LogP contribution < -0.4 is 5.32 Å². The number of anilines is 1. The fourth-order valence-corrected chi connectivity index (χ4v) is 2.34. The molecule has 3 aromatic rings. The van der Waals surface area contributed by atoms with E-state index in [2.05, 4.69) is 30.4 Å². The second-order valence-corrected chi connectivity index (χ2v) is 4.92. The number of aryl methyl sites for hydroxylation is 2. The number of nitrogens with zero attached hydrogens (tertiary/aromatic N) is 5. The van der Waals surface area contributed by atoms with Gasteiger partial charge in [0.1, 0.15) is 5.52 Å². The van der Waals surface area contributed by atoms with Crippen molar-refractivity contribution in [3.05, 3.63) is 28.4 Å². The molecule has 0 spiro atoms. The number of imidazole rings is 1. The summed E-state index contributed by atoms with van der Waals surface area (Å²) >= 11 is 6.01. The first kappa shape index (κ1) is 13.5. The summed E-state index contributed by atoms with van der Waals surface area (Å²) in [4.78, 5) is 27.3. The van der Waals surface area contributed by atoms with E-state index in [1.807, 2.05) is 6.92 Å². The van der Waals surface area contributed by atoms with E-state index in [1.165, 1.54) is 6.33 Å². The van der Waals surface area contributed by atoms with E-state index in [4.69, 9.17) is 11.6 Å². The summed E-state index contributed by atoms with van der Waals surface area (Å²) in [6.07, 6.45) is 1.46. The molecule has 3 aromatic heterocycles. The normalized spacial score (nSPS) is 11.0. The second-order valence-electron chi connectivity index (χ2n) is 4.56. The van der Waals surface area contributed by atoms with Gasteiger partial charge in [0.15, 0.2) is 10.8 Å². The van der Waals surface area contributed by atoms with Gasteiger partial charge in [-0.2, -0.15) is 15.1 Å². The maximum atomic E-state index is 12.3. The van der Waals surface area contributed by atoms with Crippen molar-refractivity contribution in [1.29, 1.82) is 0 Å². The number of H-pyrrole nitrogens is 1. The Bertz CT molecular complexity index is 851. The zero-order valence-corrected chi connectivity index (χ0v) is 12.4. The van der Waals surface area contributed by atoms with Crippen LogP contribution in [0.1, 0.15) is 21.7 Å². The minimum atomic E-state index is -0.330. The van der Waals surface area contributed by atoms with E-state index in [0.29, 0.717) is 22.4 Å². The molecule has 2 N–H and O–H groups in total. The Morgan fingerprint density at radius 2 is 2.14 bits per heavy atom. The van der Waals surface area contributed by atoms with Crippen molar-refractivity contribution in [3.63, 3.8) is 0 Å². The lowest BCUT2D eigenvalue weighted by molar-refractivity contribution is 0.102. The molecule has 0 aliphatic rings. The first-order chi connectivity index (χ1) is 9.97. The molecule has 0 atom stereocenters. The third-order valence-electron chi connectivity index (χ3n) is 3.20. The maximum absolute atomic E-state index is 12.3. The van der Waals surface area contributed by atoms with Crippen LogP contribution in [-0.2, 0) is 7.05 Å². The van der Waals surface area contributed by atoms with Crippen LogP contribution in [0.25, 0.3) is 11.2 Å². The topological polar surface area (TPSA) is 101 Å². The Morgan fingerprint density at radius 3 is 2.81 bits per heavy atom. The van der Waals surface area contributed by atoms with E-state index >= 15 is 0 Å². The molecule has 0 unspecified atom stereocenters. The minimum absolute atomic E-state index is 0.104. The predicted octanol–water partition coefficient (Wildman–Crippen LogP) is 1.61. The molecule has 21 heavy (non-hydrogen) atoms. The van der Waals surface area contributed by atoms with Gasteiger partial charge in [0.05, 0.1) is 17.6 Å². The number of amides is 1. The molecule has 0 saturated heterocycles. The fraction of sp³-hybridized carbons (Fsp3) is 0.250. The van der Waals surface area contributed by atoms with Crippen LogP contribution in [0.2, 0.25) is 5.15 Å². The standard InChI is InChI=1S/C12H12ClN7O/c1-5-7(6(2)20(3)19-5)11(21)18-12-16-9(13)8-10(17-12)15-4-14-8/h4H,1-3H3,(H2,14,15,16,17,18,21). The summed E-state index contributed by atoms with van der Waals surface area (Å²) < 4.78 is 1.65. The average molecular weight is 306 g/mol. The Kier molecular flexibility index (Phi) is 3.09. The molecule has 9 heteroatoms. The summed E-state index contributed by atoms with van der Waals surface area (Å²) in [7, 11) is 1.78. The number of carbonyl (C=O) groups excluding carboxylic acids is 1. The molecule has 0 aromatic carbocycles. The second kappa shape index (κ2) is 4.81. The van der Waals surface area contributed by atoms with Crippen LogP contribution in [0, 0.1) is 13.8 Å². The van der Waals surface area contributed by atoms with E-state index < -0.39 is 0 Å². The summed E-state index contributed by atoms with van der Waals surface area (Å²) in [5.41, 5.74) is 2.82. The van der Waals surface area contributed by atoms with Gasteiger partial charge in [0, 0.05) is 12.7 Å². The zero-order chi connectivity index (χ0) is 15.1. The van der Waals surface area contributed by atoms with Crippen molar-refractivity contribution < 1.29 is 4.79 Å². The lowest BCUT2D eigenvalue weighted by Gasteiger charge is -2.04. The average Bonchev–Trinajstić information content (AvgIpc) is 2.95. The Labute approximate surface area is 124 Å². The van der Waals surface area contributed by atoms with E-state index in [1.54, 1.807) is 18.7 Å². The molecule has 0 bridgehead atoms. The van der Waals surface area contributed by atoms with Gasteiger partial charge in [-0.05, 0) is 13.8 Å². The number of aromatic nitrogens is 6. The molecule has 0 aliphatic heterocycles. The summed E-state index contributed by atoms with van der Waals surface area (Å²) in [6.45, 7) is 3.59. The number of rotatable bonds is 2. The lowest BCUT2D eigenvalue weighted by Crippen LogP contribution is -2.16. The first-order valence-electron chi connectivity index (χ1n) is 6.15. The monoisotopic (exact) mass is 305 g/mol. The number of halogens is 1. The molecule has 0 radical (unpaired) electrons. The van der Waals surface area contributed by atoms with Gasteiger partial charge in [-0.25, -0.2) is 4.98 Å². The number of hydrogen-bond donors (Lipinski definition) is 2. The van der Waals surface area contributed by atoms with E-state index in [9.17, 15) is 4.79 Å². The van der Waals surface area contributed by atoms with E-state index in [-0.39, 0.29) is 17.0 Å². The van der Waals surface area contributed by atoms with Crippen molar-refractivity contribution in [1.82, 2.24) is 29.7 Å². The maximum Gasteiger partial charge on any atom is 0.261 e. The van der Waals surface area contributed by atoms with Gasteiger partial charge >= 0.3 is 0 Å². The van der Waals surface area contributed by atoms with Gasteiger partial charge in [-0.1, -0.05) is 11.6 Å². The van der Waals surface area contributed by atoms with Crippen LogP contribution in [0.5, 0.6) is 0 Å². The van der Waals surface area contributed by atoms with Gasteiger partial charge < -0.3 is 4.98 Å². The van der Waals surface area contributed by atoms with Gasteiger partial charge in [-0.3, -0.25) is 14.8 Å². The number of hydrogen-bond acceptors (Lipinski definition) is 5. The molecular weight excluding hydrogens is 294 g/mol. The van der Waals surface area contributed by atoms with E-state index in [0.717, 1.165) is 5.69 Å². The Hall–Kier alpha value is -2.48.